The second kappa shape index (κ2) is 80.1. The van der Waals surface area contributed by atoms with Crippen molar-refractivity contribution < 1.29 is 57.6 Å². The predicted molar refractivity (Wildman–Crippen MR) is 568 cm³/mol. The lowest BCUT2D eigenvalue weighted by atomic mass is 10.0. The molecule has 12 nitrogen and oxygen atoms in total. The molecule has 0 saturated carbocycles. The molecule has 0 bridgehead atoms. The Morgan fingerprint density at radius 1 is 0.144 bits per heavy atom. The molecule has 0 radical (unpaired) electrons. The second-order valence-corrected chi connectivity index (χ2v) is 37.6. The SMILES string of the molecule is CCCCCCCCOc1cc(/C=C/c2cc(OCCCCCCCC)c(/C=C/c3cc(OCCCCCCCC)c(CO)cc3OCCCCCCCC)cc2OCCCCCCCC)c(OCCCCCCCC)cc1/C=C/c1cc(OCCCCCCCC)c(/C=C/c2cc(OCCCCCCCC)c(CO)cc2OCCCCCCCC)cc1OCCCCCCCC. The van der Waals surface area contributed by atoms with Gasteiger partial charge in [0.1, 0.15) is 57.5 Å². The summed E-state index contributed by atoms with van der Waals surface area (Å²) in [5, 5.41) is 21.8. The summed E-state index contributed by atoms with van der Waals surface area (Å²) < 4.78 is 69.3. The lowest BCUT2D eigenvalue weighted by Crippen LogP contribution is -2.04. The van der Waals surface area contributed by atoms with Crippen LogP contribution in [0.3, 0.4) is 0 Å². The van der Waals surface area contributed by atoms with E-state index in [-0.39, 0.29) is 13.2 Å². The normalized spacial score (nSPS) is 11.7. The van der Waals surface area contributed by atoms with Crippen LogP contribution in [0, 0.1) is 0 Å². The zero-order chi connectivity index (χ0) is 94.3. The molecule has 0 unspecified atom stereocenters. The highest BCUT2D eigenvalue weighted by Crippen LogP contribution is 2.41. The number of unbranched alkanes of at least 4 members (excludes halogenated alkanes) is 50. The highest BCUT2D eigenvalue weighted by atomic mass is 16.5. The van der Waals surface area contributed by atoms with Gasteiger partial charge in [-0.25, -0.2) is 0 Å². The van der Waals surface area contributed by atoms with E-state index in [2.05, 4.69) is 166 Å². The molecule has 132 heavy (non-hydrogen) atoms. The third-order valence-corrected chi connectivity index (χ3v) is 25.5. The monoisotopic (exact) mass is 1830 g/mol. The second-order valence-electron chi connectivity index (χ2n) is 37.6. The van der Waals surface area contributed by atoms with Crippen molar-refractivity contribution in [3.63, 3.8) is 0 Å². The molecule has 0 atom stereocenters. The van der Waals surface area contributed by atoms with Crippen molar-refractivity contribution in [3.8, 4) is 57.5 Å². The molecule has 746 valence electrons. The Kier molecular flexibility index (Phi) is 70.1. The average molecular weight is 1830 g/mol. The maximum atomic E-state index is 10.9. The molecule has 0 spiro atoms. The summed E-state index contributed by atoms with van der Waals surface area (Å²) in [5.41, 5.74) is 8.81. The minimum atomic E-state index is -0.143. The Hall–Kier alpha value is -7.02. The first-order valence-corrected chi connectivity index (χ1v) is 55.3. The minimum Gasteiger partial charge on any atom is -0.493 e. The van der Waals surface area contributed by atoms with Crippen LogP contribution in [0.25, 0.3) is 48.6 Å². The number of benzene rings is 5. The van der Waals surface area contributed by atoms with Gasteiger partial charge in [0.15, 0.2) is 0 Å². The Balaban J connectivity index is 1.81. The van der Waals surface area contributed by atoms with Crippen LogP contribution in [-0.2, 0) is 13.2 Å². The van der Waals surface area contributed by atoms with Crippen molar-refractivity contribution in [1.82, 2.24) is 0 Å². The van der Waals surface area contributed by atoms with Gasteiger partial charge in [-0.2, -0.15) is 0 Å². The zero-order valence-corrected chi connectivity index (χ0v) is 86.3. The van der Waals surface area contributed by atoms with E-state index in [1.807, 2.05) is 12.1 Å². The van der Waals surface area contributed by atoms with Gasteiger partial charge in [-0.05, 0) is 125 Å². The summed E-state index contributed by atoms with van der Waals surface area (Å²) in [6.45, 7) is 28.3. The van der Waals surface area contributed by atoms with Crippen LogP contribution in [0.4, 0.5) is 0 Å². The van der Waals surface area contributed by atoms with Crippen molar-refractivity contribution in [2.45, 2.75) is 468 Å². The Bertz CT molecular complexity index is 3510. The maximum Gasteiger partial charge on any atom is 0.127 e. The number of aliphatic hydroxyl groups is 2. The topological polar surface area (TPSA) is 133 Å². The van der Waals surface area contributed by atoms with E-state index in [0.717, 1.165) is 230 Å². The molecule has 12 heteroatoms. The highest BCUT2D eigenvalue weighted by molar-refractivity contribution is 5.85. The van der Waals surface area contributed by atoms with E-state index in [1.165, 1.54) is 257 Å². The van der Waals surface area contributed by atoms with Crippen LogP contribution >= 0.6 is 0 Å². The van der Waals surface area contributed by atoms with Gasteiger partial charge in [0.2, 0.25) is 0 Å². The Morgan fingerprint density at radius 3 is 0.379 bits per heavy atom. The molecule has 0 saturated heterocycles. The molecule has 0 aromatic heterocycles. The molecule has 5 rings (SSSR count). The predicted octanol–water partition coefficient (Wildman–Crippen LogP) is 36.7. The molecule has 0 heterocycles. The fraction of sp³-hybridized carbons (Fsp3) is 0.683. The average Bonchev–Trinajstić information content (AvgIpc) is 0.822. The van der Waals surface area contributed by atoms with E-state index >= 15 is 0 Å². The van der Waals surface area contributed by atoms with E-state index < -0.39 is 0 Å². The molecule has 0 aliphatic heterocycles. The van der Waals surface area contributed by atoms with Crippen molar-refractivity contribution in [3.05, 3.63) is 116 Å². The lowest BCUT2D eigenvalue weighted by molar-refractivity contribution is 0.256. The van der Waals surface area contributed by atoms with Crippen LogP contribution < -0.4 is 47.4 Å². The summed E-state index contributed by atoms with van der Waals surface area (Å²) in [6.07, 6.45) is 87.1. The Labute approximate surface area is 808 Å². The smallest absolute Gasteiger partial charge is 0.127 e. The first-order valence-electron chi connectivity index (χ1n) is 55.3. The van der Waals surface area contributed by atoms with Gasteiger partial charge < -0.3 is 57.6 Å². The van der Waals surface area contributed by atoms with Crippen LogP contribution in [0.2, 0.25) is 0 Å². The van der Waals surface area contributed by atoms with Gasteiger partial charge in [0, 0.05) is 55.6 Å². The van der Waals surface area contributed by atoms with Crippen molar-refractivity contribution in [2.75, 3.05) is 66.1 Å². The molecule has 0 aliphatic rings. The highest BCUT2D eigenvalue weighted by Gasteiger charge is 2.20. The third kappa shape index (κ3) is 52.3. The Morgan fingerprint density at radius 2 is 0.250 bits per heavy atom. The maximum absolute atomic E-state index is 10.9. The van der Waals surface area contributed by atoms with Gasteiger partial charge in [-0.3, -0.25) is 0 Å². The van der Waals surface area contributed by atoms with E-state index in [0.29, 0.717) is 77.6 Å². The van der Waals surface area contributed by atoms with Crippen molar-refractivity contribution in [1.29, 1.82) is 0 Å². The number of hydrogen-bond acceptors (Lipinski definition) is 12. The van der Waals surface area contributed by atoms with Gasteiger partial charge in [0.05, 0.1) is 79.3 Å². The summed E-state index contributed by atoms with van der Waals surface area (Å²) in [5.74, 6) is 7.61. The molecular formula is C120H194O12. The van der Waals surface area contributed by atoms with Gasteiger partial charge in [0.25, 0.3) is 0 Å². The minimum absolute atomic E-state index is 0.143. The van der Waals surface area contributed by atoms with Crippen molar-refractivity contribution >= 4 is 48.6 Å². The van der Waals surface area contributed by atoms with Crippen molar-refractivity contribution in [2.24, 2.45) is 0 Å². The van der Waals surface area contributed by atoms with E-state index in [4.69, 9.17) is 47.4 Å². The summed E-state index contributed by atoms with van der Waals surface area (Å²) in [6, 6.07) is 21.4. The summed E-state index contributed by atoms with van der Waals surface area (Å²) >= 11 is 0. The fourth-order valence-electron chi connectivity index (χ4n) is 16.9. The number of hydrogen-bond donors (Lipinski definition) is 2. The first-order chi connectivity index (χ1) is 65.1. The molecule has 0 aliphatic carbocycles. The van der Waals surface area contributed by atoms with Crippen LogP contribution in [0.1, 0.15) is 510 Å². The first kappa shape index (κ1) is 115. The van der Waals surface area contributed by atoms with E-state index in [9.17, 15) is 10.2 Å². The third-order valence-electron chi connectivity index (χ3n) is 25.5. The number of ether oxygens (including phenoxy) is 10. The van der Waals surface area contributed by atoms with Crippen LogP contribution in [-0.4, -0.2) is 76.3 Å². The quantitative estimate of drug-likeness (QED) is 0.0284. The van der Waals surface area contributed by atoms with Crippen LogP contribution in [0.5, 0.6) is 57.5 Å². The molecule has 2 N–H and O–H groups in total. The number of rotatable bonds is 90. The van der Waals surface area contributed by atoms with E-state index in [1.54, 1.807) is 0 Å². The molecule has 0 fully saturated rings. The fourth-order valence-corrected chi connectivity index (χ4v) is 16.9. The largest absolute Gasteiger partial charge is 0.493 e. The van der Waals surface area contributed by atoms with Gasteiger partial charge >= 0.3 is 0 Å². The van der Waals surface area contributed by atoms with Crippen LogP contribution in [0.15, 0.2) is 60.7 Å². The number of aliphatic hydroxyl groups excluding tert-OH is 2. The molecule has 5 aromatic rings. The molecule has 0 amide bonds. The molecular weight excluding hydrogens is 1630 g/mol. The zero-order valence-electron chi connectivity index (χ0n) is 86.3. The summed E-state index contributed by atoms with van der Waals surface area (Å²) in [4.78, 5) is 0. The summed E-state index contributed by atoms with van der Waals surface area (Å²) in [7, 11) is 0. The molecule has 5 aromatic carbocycles. The van der Waals surface area contributed by atoms with Gasteiger partial charge in [-0.1, -0.05) is 439 Å². The lowest BCUT2D eigenvalue weighted by Gasteiger charge is -2.18. The van der Waals surface area contributed by atoms with Gasteiger partial charge in [-0.15, -0.1) is 0 Å². The standard InChI is InChI=1S/C120H194O12/c1-11-21-31-41-51-61-79-123-111-89-102(72-74-104-92-116(128-84-66-56-46-36-26-16-6)106(94-114(104)126-82-64-54-44-34-24-14-4)76-78-108-96-120(132-88-70-60-50-40-30-20-10)110(100-122)98-118(108)130-86-68-58-48-38-28-18-8)112(124-80-62-52-42-32-22-12-2)90-101(111)71-73-103-91-115(127-83-65-55-45-35-25-15-5)105(93-113(103)125-81-63-53-43-33-23-13-3)75-77-107-95-119(131-87-69-59-49-39-29-19-9)109(99-121)97-117(107)129-85-67-57-47-37-27-17-7/h71-78,89-98,121-122H,11-70,79-88,99-100H2,1-10H3/b73-71+,74-72+,77-75+,78-76+.